The lowest BCUT2D eigenvalue weighted by atomic mass is 10.1. The van der Waals surface area contributed by atoms with E-state index < -0.39 is 15.7 Å². The minimum absolute atomic E-state index is 0.0674. The first kappa shape index (κ1) is 15.8. The molecular formula is C15H15ClFNO2S. The highest BCUT2D eigenvalue weighted by Gasteiger charge is 2.14. The van der Waals surface area contributed by atoms with E-state index in [4.69, 9.17) is 11.6 Å². The van der Waals surface area contributed by atoms with Crippen LogP contribution in [-0.2, 0) is 9.84 Å². The summed E-state index contributed by atoms with van der Waals surface area (Å²) in [5.74, 6) is -0.513. The largest absolute Gasteiger partial charge is 0.376 e. The monoisotopic (exact) mass is 327 g/mol. The summed E-state index contributed by atoms with van der Waals surface area (Å²) < 4.78 is 36.9. The van der Waals surface area contributed by atoms with Crippen molar-refractivity contribution in [2.75, 3.05) is 11.6 Å². The number of halogens is 2. The van der Waals surface area contributed by atoms with Crippen molar-refractivity contribution >= 4 is 27.1 Å². The molecule has 0 bridgehead atoms. The van der Waals surface area contributed by atoms with E-state index in [2.05, 4.69) is 5.32 Å². The average Bonchev–Trinajstić information content (AvgIpc) is 2.40. The van der Waals surface area contributed by atoms with Crippen molar-refractivity contribution < 1.29 is 12.8 Å². The summed E-state index contributed by atoms with van der Waals surface area (Å²) in [4.78, 5) is 0.0674. The van der Waals surface area contributed by atoms with Crippen LogP contribution >= 0.6 is 11.6 Å². The van der Waals surface area contributed by atoms with Gasteiger partial charge in [-0.25, -0.2) is 12.8 Å². The third-order valence-corrected chi connectivity index (χ3v) is 4.56. The highest BCUT2D eigenvalue weighted by molar-refractivity contribution is 7.90. The molecule has 0 saturated heterocycles. The van der Waals surface area contributed by atoms with Crippen molar-refractivity contribution in [1.82, 2.24) is 0 Å². The molecule has 2 aromatic rings. The molecule has 0 radical (unpaired) electrons. The molecule has 0 aliphatic rings. The summed E-state index contributed by atoms with van der Waals surface area (Å²) in [7, 11) is -3.38. The van der Waals surface area contributed by atoms with Crippen molar-refractivity contribution in [1.29, 1.82) is 0 Å². The van der Waals surface area contributed by atoms with Crippen LogP contribution in [0.3, 0.4) is 0 Å². The van der Waals surface area contributed by atoms with Gasteiger partial charge in [-0.3, -0.25) is 0 Å². The standard InChI is InChI=1S/C15H15ClFNO2S/c1-10(12-5-3-4-6-13(12)16)18-15-9-11(21(2,19)20)7-8-14(15)17/h3-10,18H,1-2H3. The predicted molar refractivity (Wildman–Crippen MR) is 83.0 cm³/mol. The van der Waals surface area contributed by atoms with Crippen LogP contribution in [0.1, 0.15) is 18.5 Å². The molecule has 112 valence electrons. The van der Waals surface area contributed by atoms with Gasteiger partial charge in [-0.15, -0.1) is 0 Å². The van der Waals surface area contributed by atoms with Crippen LogP contribution in [0.5, 0.6) is 0 Å². The van der Waals surface area contributed by atoms with Gasteiger partial charge in [-0.05, 0) is 36.8 Å². The topological polar surface area (TPSA) is 46.2 Å². The SMILES string of the molecule is CC(Nc1cc(S(C)(=O)=O)ccc1F)c1ccccc1Cl. The zero-order valence-corrected chi connectivity index (χ0v) is 13.2. The second-order valence-electron chi connectivity index (χ2n) is 4.80. The maximum atomic E-state index is 13.8. The Labute approximate surface area is 128 Å². The molecule has 0 fully saturated rings. The van der Waals surface area contributed by atoms with Crippen molar-refractivity contribution in [3.05, 3.63) is 58.9 Å². The van der Waals surface area contributed by atoms with Gasteiger partial charge < -0.3 is 5.32 Å². The van der Waals surface area contributed by atoms with Crippen LogP contribution in [0.4, 0.5) is 10.1 Å². The van der Waals surface area contributed by atoms with Crippen LogP contribution in [0, 0.1) is 5.82 Å². The molecule has 1 unspecified atom stereocenters. The van der Waals surface area contributed by atoms with Gasteiger partial charge in [-0.1, -0.05) is 29.8 Å². The van der Waals surface area contributed by atoms with Gasteiger partial charge in [0.2, 0.25) is 0 Å². The smallest absolute Gasteiger partial charge is 0.175 e. The maximum absolute atomic E-state index is 13.8. The van der Waals surface area contributed by atoms with Crippen LogP contribution in [0.15, 0.2) is 47.4 Å². The van der Waals surface area contributed by atoms with E-state index in [0.717, 1.165) is 17.9 Å². The molecule has 2 rings (SSSR count). The van der Waals surface area contributed by atoms with E-state index >= 15 is 0 Å². The van der Waals surface area contributed by atoms with E-state index in [1.165, 1.54) is 12.1 Å². The maximum Gasteiger partial charge on any atom is 0.175 e. The third-order valence-electron chi connectivity index (χ3n) is 3.11. The molecule has 0 aromatic heterocycles. The lowest BCUT2D eigenvalue weighted by molar-refractivity contribution is 0.600. The van der Waals surface area contributed by atoms with Gasteiger partial charge in [0.25, 0.3) is 0 Å². The molecule has 3 nitrogen and oxygen atoms in total. The van der Waals surface area contributed by atoms with Crippen molar-refractivity contribution in [3.63, 3.8) is 0 Å². The van der Waals surface area contributed by atoms with E-state index in [1.54, 1.807) is 6.07 Å². The number of hydrogen-bond donors (Lipinski definition) is 1. The molecule has 0 aliphatic carbocycles. The molecule has 0 heterocycles. The van der Waals surface area contributed by atoms with Crippen molar-refractivity contribution in [2.45, 2.75) is 17.9 Å². The molecule has 0 amide bonds. The Morgan fingerprint density at radius 3 is 2.48 bits per heavy atom. The van der Waals surface area contributed by atoms with Gasteiger partial charge in [0, 0.05) is 11.3 Å². The lowest BCUT2D eigenvalue weighted by Crippen LogP contribution is -2.09. The molecular weight excluding hydrogens is 313 g/mol. The fourth-order valence-electron chi connectivity index (χ4n) is 1.98. The predicted octanol–water partition coefficient (Wildman–Crippen LogP) is 4.06. The molecule has 0 spiro atoms. The van der Waals surface area contributed by atoms with Crippen LogP contribution < -0.4 is 5.32 Å². The molecule has 0 aliphatic heterocycles. The van der Waals surface area contributed by atoms with E-state index in [-0.39, 0.29) is 16.6 Å². The number of sulfone groups is 1. The number of hydrogen-bond acceptors (Lipinski definition) is 3. The van der Waals surface area contributed by atoms with E-state index in [1.807, 2.05) is 25.1 Å². The minimum Gasteiger partial charge on any atom is -0.376 e. The Morgan fingerprint density at radius 1 is 1.19 bits per heavy atom. The van der Waals surface area contributed by atoms with Gasteiger partial charge in [0.15, 0.2) is 9.84 Å². The van der Waals surface area contributed by atoms with Gasteiger partial charge >= 0.3 is 0 Å². The Balaban J connectivity index is 2.33. The van der Waals surface area contributed by atoms with E-state index in [0.29, 0.717) is 5.02 Å². The first-order valence-electron chi connectivity index (χ1n) is 6.29. The van der Waals surface area contributed by atoms with Gasteiger partial charge in [0.1, 0.15) is 5.82 Å². The zero-order valence-electron chi connectivity index (χ0n) is 11.6. The molecule has 1 N–H and O–H groups in total. The fraction of sp³-hybridized carbons (Fsp3) is 0.200. The number of benzene rings is 2. The number of rotatable bonds is 4. The summed E-state index contributed by atoms with van der Waals surface area (Å²) in [5, 5.41) is 3.52. The Bertz CT molecular complexity index is 762. The summed E-state index contributed by atoms with van der Waals surface area (Å²) in [5.41, 5.74) is 0.939. The van der Waals surface area contributed by atoms with Crippen LogP contribution in [-0.4, -0.2) is 14.7 Å². The quantitative estimate of drug-likeness (QED) is 0.861. The number of anilines is 1. The summed E-state index contributed by atoms with van der Waals surface area (Å²) in [6.45, 7) is 1.83. The molecule has 1 atom stereocenters. The summed E-state index contributed by atoms with van der Waals surface area (Å²) >= 11 is 6.10. The van der Waals surface area contributed by atoms with E-state index in [9.17, 15) is 12.8 Å². The molecule has 0 saturated carbocycles. The summed E-state index contributed by atoms with van der Waals surface area (Å²) in [6.07, 6.45) is 1.08. The second-order valence-corrected chi connectivity index (χ2v) is 7.22. The van der Waals surface area contributed by atoms with Crippen LogP contribution in [0.25, 0.3) is 0 Å². The Kier molecular flexibility index (Phi) is 4.54. The molecule has 21 heavy (non-hydrogen) atoms. The van der Waals surface area contributed by atoms with Crippen molar-refractivity contribution in [3.8, 4) is 0 Å². The van der Waals surface area contributed by atoms with Gasteiger partial charge in [-0.2, -0.15) is 0 Å². The fourth-order valence-corrected chi connectivity index (χ4v) is 2.93. The third kappa shape index (κ3) is 3.74. The summed E-state index contributed by atoms with van der Waals surface area (Å²) in [6, 6.07) is 10.6. The Morgan fingerprint density at radius 2 is 1.86 bits per heavy atom. The highest BCUT2D eigenvalue weighted by Crippen LogP contribution is 2.28. The molecule has 6 heteroatoms. The zero-order chi connectivity index (χ0) is 15.6. The first-order chi connectivity index (χ1) is 9.79. The molecule has 2 aromatic carbocycles. The van der Waals surface area contributed by atoms with Gasteiger partial charge in [0.05, 0.1) is 16.6 Å². The second kappa shape index (κ2) is 6.03. The van der Waals surface area contributed by atoms with Crippen LogP contribution in [0.2, 0.25) is 5.02 Å². The Hall–Kier alpha value is -1.59. The van der Waals surface area contributed by atoms with Crippen molar-refractivity contribution in [2.24, 2.45) is 0 Å². The average molecular weight is 328 g/mol. The normalized spacial score (nSPS) is 13.0. The highest BCUT2D eigenvalue weighted by atomic mass is 35.5. The first-order valence-corrected chi connectivity index (χ1v) is 8.56. The number of nitrogens with one attached hydrogen (secondary N) is 1. The minimum atomic E-state index is -3.38. The lowest BCUT2D eigenvalue weighted by Gasteiger charge is -2.18.